The predicted octanol–water partition coefficient (Wildman–Crippen LogP) is 3.30. The monoisotopic (exact) mass is 714 g/mol. The molecule has 1 saturated heterocycles. The number of benzene rings is 4. The van der Waals surface area contributed by atoms with Crippen molar-refractivity contribution in [2.45, 2.75) is 37.4 Å². The molecule has 0 unspecified atom stereocenters. The molecule has 272 valence electrons. The molecule has 12 heteroatoms. The smallest absolute Gasteiger partial charge is 0.253 e. The largest absolute Gasteiger partial charge is 0.491 e. The first-order valence-corrected chi connectivity index (χ1v) is 17.8. The van der Waals surface area contributed by atoms with Gasteiger partial charge in [0.2, 0.25) is 23.6 Å². The Morgan fingerprint density at radius 2 is 1.58 bits per heavy atom. The molecule has 3 N–H and O–H groups in total. The van der Waals surface area contributed by atoms with Crippen LogP contribution in [-0.2, 0) is 32.0 Å². The fourth-order valence-electron chi connectivity index (χ4n) is 7.31. The molecule has 4 aromatic carbocycles. The van der Waals surface area contributed by atoms with Crippen molar-refractivity contribution in [1.82, 2.24) is 30.3 Å². The zero-order valence-corrected chi connectivity index (χ0v) is 29.7. The Morgan fingerprint density at radius 1 is 0.811 bits per heavy atom. The molecule has 5 aromatic rings. The molecule has 1 aromatic heterocycles. The van der Waals surface area contributed by atoms with E-state index < -0.39 is 23.9 Å². The van der Waals surface area contributed by atoms with Crippen LogP contribution in [0.3, 0.4) is 0 Å². The highest BCUT2D eigenvalue weighted by molar-refractivity contribution is 5.96. The standard InChI is InChI=1S/C41H42N6O6/c1-45-23-36(44-37(48)17-26-14-15-27-8-3-4-9-28(27)16-26)41(52)46(2)24-39(50)47-22-31(20-32(47)25-53-33-11-7-10-29(18-33)40(45)51)43-38(49)19-30-21-42-35-13-6-5-12-34(30)35/h3-16,18,21,31-32,36,42H,17,19-20,22-25H2,1-2H3,(H,43,49)(H,44,48)/t31-,32+,36+/m1/s1. The molecule has 2 aliphatic heterocycles. The van der Waals surface area contributed by atoms with Crippen molar-refractivity contribution in [1.29, 1.82) is 0 Å². The number of fused-ring (bicyclic) bond motifs is 5. The van der Waals surface area contributed by atoms with Crippen molar-refractivity contribution in [3.8, 4) is 5.75 Å². The summed E-state index contributed by atoms with van der Waals surface area (Å²) in [5, 5.41) is 8.96. The Kier molecular flexibility index (Phi) is 10.1. The Labute approximate surface area is 307 Å². The Bertz CT molecular complexity index is 2200. The van der Waals surface area contributed by atoms with E-state index in [1.165, 1.54) is 16.8 Å². The minimum atomic E-state index is -1.12. The van der Waals surface area contributed by atoms with Gasteiger partial charge in [0.05, 0.1) is 25.4 Å². The molecular formula is C41H42N6O6. The summed E-state index contributed by atoms with van der Waals surface area (Å²) in [7, 11) is 3.08. The van der Waals surface area contributed by atoms with Gasteiger partial charge >= 0.3 is 0 Å². The van der Waals surface area contributed by atoms with Crippen LogP contribution in [0.25, 0.3) is 21.7 Å². The number of aromatic amines is 1. The molecule has 3 atom stereocenters. The van der Waals surface area contributed by atoms with Gasteiger partial charge in [-0.2, -0.15) is 0 Å². The Balaban J connectivity index is 1.08. The molecule has 0 aliphatic carbocycles. The van der Waals surface area contributed by atoms with E-state index in [-0.39, 0.29) is 62.8 Å². The maximum Gasteiger partial charge on any atom is 0.253 e. The first-order valence-electron chi connectivity index (χ1n) is 17.8. The van der Waals surface area contributed by atoms with Crippen LogP contribution in [0.2, 0.25) is 0 Å². The lowest BCUT2D eigenvalue weighted by Crippen LogP contribution is -2.55. The second-order valence-corrected chi connectivity index (χ2v) is 13.9. The SMILES string of the molecule is CN1C[C@H](NC(=O)Cc2ccc3ccccc3c2)C(=O)N(C)CC(=O)N2C[C@H](NC(=O)Cc3c[nH]c4ccccc34)C[C@H]2COc2cccc(c2)C1=O. The zero-order valence-electron chi connectivity index (χ0n) is 29.7. The van der Waals surface area contributed by atoms with Crippen LogP contribution in [0, 0.1) is 0 Å². The quantitative estimate of drug-likeness (QED) is 0.246. The number of likely N-dealkylation sites (N-methyl/N-ethyl adjacent to an activating group) is 2. The van der Waals surface area contributed by atoms with E-state index in [4.69, 9.17) is 4.74 Å². The summed E-state index contributed by atoms with van der Waals surface area (Å²) in [6.07, 6.45) is 2.48. The van der Waals surface area contributed by atoms with E-state index in [1.807, 2.05) is 72.9 Å². The summed E-state index contributed by atoms with van der Waals surface area (Å²) >= 11 is 0. The molecule has 3 heterocycles. The number of carbonyl (C=O) groups is 5. The molecule has 0 spiro atoms. The van der Waals surface area contributed by atoms with Gasteiger partial charge in [0.25, 0.3) is 5.91 Å². The van der Waals surface area contributed by atoms with Crippen molar-refractivity contribution in [2.75, 3.05) is 40.3 Å². The van der Waals surface area contributed by atoms with Gasteiger partial charge in [-0.05, 0) is 52.6 Å². The third-order valence-electron chi connectivity index (χ3n) is 10.0. The number of nitrogens with zero attached hydrogens (tertiary/aromatic N) is 3. The van der Waals surface area contributed by atoms with Gasteiger partial charge in [0.15, 0.2) is 0 Å². The molecule has 53 heavy (non-hydrogen) atoms. The summed E-state index contributed by atoms with van der Waals surface area (Å²) in [6.45, 7) is -0.0315. The van der Waals surface area contributed by atoms with Gasteiger partial charge in [-0.15, -0.1) is 0 Å². The molecule has 5 amide bonds. The number of hydrogen-bond acceptors (Lipinski definition) is 6. The first-order chi connectivity index (χ1) is 25.6. The van der Waals surface area contributed by atoms with Crippen LogP contribution in [0.4, 0.5) is 0 Å². The lowest BCUT2D eigenvalue weighted by molar-refractivity contribution is -0.142. The number of nitrogens with one attached hydrogen (secondary N) is 3. The lowest BCUT2D eigenvalue weighted by atomic mass is 10.0. The Morgan fingerprint density at radius 3 is 2.43 bits per heavy atom. The highest BCUT2D eigenvalue weighted by Gasteiger charge is 2.38. The fraction of sp³-hybridized carbons (Fsp3) is 0.293. The number of ether oxygens (including phenoxy) is 1. The average molecular weight is 715 g/mol. The van der Waals surface area contributed by atoms with Crippen LogP contribution in [0.15, 0.2) is 97.2 Å². The van der Waals surface area contributed by atoms with Gasteiger partial charge in [0, 0.05) is 55.9 Å². The number of H-pyrrole nitrogens is 1. The van der Waals surface area contributed by atoms with Crippen molar-refractivity contribution in [3.05, 3.63) is 114 Å². The summed E-state index contributed by atoms with van der Waals surface area (Å²) in [6, 6.07) is 26.3. The van der Waals surface area contributed by atoms with Gasteiger partial charge in [-0.1, -0.05) is 66.7 Å². The highest BCUT2D eigenvalue weighted by atomic mass is 16.5. The highest BCUT2D eigenvalue weighted by Crippen LogP contribution is 2.24. The molecule has 7 rings (SSSR count). The van der Waals surface area contributed by atoms with Gasteiger partial charge in [-0.25, -0.2) is 0 Å². The van der Waals surface area contributed by atoms with Crippen molar-refractivity contribution in [3.63, 3.8) is 0 Å². The summed E-state index contributed by atoms with van der Waals surface area (Å²) in [4.78, 5) is 75.6. The zero-order chi connectivity index (χ0) is 37.1. The van der Waals surface area contributed by atoms with Crippen molar-refractivity contribution < 1.29 is 28.7 Å². The minimum Gasteiger partial charge on any atom is -0.491 e. The Hall–Kier alpha value is -6.17. The summed E-state index contributed by atoms with van der Waals surface area (Å²) in [5.41, 5.74) is 2.96. The van der Waals surface area contributed by atoms with Crippen LogP contribution in [-0.4, -0.2) is 108 Å². The number of aromatic nitrogens is 1. The fourth-order valence-corrected chi connectivity index (χ4v) is 7.31. The van der Waals surface area contributed by atoms with Crippen LogP contribution < -0.4 is 15.4 Å². The van der Waals surface area contributed by atoms with Crippen molar-refractivity contribution >= 4 is 51.2 Å². The molecule has 0 radical (unpaired) electrons. The summed E-state index contributed by atoms with van der Waals surface area (Å²) in [5.74, 6) is -1.29. The van der Waals surface area contributed by atoms with E-state index in [1.54, 1.807) is 36.2 Å². The number of hydrogen-bond donors (Lipinski definition) is 3. The van der Waals surface area contributed by atoms with E-state index in [9.17, 15) is 24.0 Å². The lowest BCUT2D eigenvalue weighted by Gasteiger charge is -2.30. The maximum absolute atomic E-state index is 14.0. The molecule has 1 fully saturated rings. The third-order valence-corrected chi connectivity index (χ3v) is 10.0. The number of amides is 5. The second-order valence-electron chi connectivity index (χ2n) is 13.9. The normalized spacial score (nSPS) is 19.8. The molecule has 2 bridgehead atoms. The molecule has 2 aliphatic rings. The molecular weight excluding hydrogens is 672 g/mol. The van der Waals surface area contributed by atoms with E-state index >= 15 is 0 Å². The third kappa shape index (κ3) is 8.01. The molecule has 12 nitrogen and oxygen atoms in total. The van der Waals surface area contributed by atoms with Crippen LogP contribution >= 0.6 is 0 Å². The number of para-hydroxylation sites is 1. The van der Waals surface area contributed by atoms with E-state index in [0.29, 0.717) is 17.7 Å². The van der Waals surface area contributed by atoms with Crippen LogP contribution in [0.1, 0.15) is 27.9 Å². The van der Waals surface area contributed by atoms with E-state index in [2.05, 4.69) is 15.6 Å². The van der Waals surface area contributed by atoms with Gasteiger partial charge in [-0.3, -0.25) is 24.0 Å². The average Bonchev–Trinajstić information content (AvgIpc) is 3.76. The van der Waals surface area contributed by atoms with E-state index in [0.717, 1.165) is 32.8 Å². The topological polar surface area (TPSA) is 144 Å². The summed E-state index contributed by atoms with van der Waals surface area (Å²) < 4.78 is 6.14. The second kappa shape index (κ2) is 15.2. The van der Waals surface area contributed by atoms with Crippen LogP contribution in [0.5, 0.6) is 5.75 Å². The van der Waals surface area contributed by atoms with Gasteiger partial charge in [0.1, 0.15) is 18.4 Å². The maximum atomic E-state index is 14.0. The number of carbonyl (C=O) groups excluding carboxylic acids is 5. The number of rotatable bonds is 6. The first kappa shape index (κ1) is 35.2. The van der Waals surface area contributed by atoms with Gasteiger partial charge < -0.3 is 35.1 Å². The molecule has 0 saturated carbocycles. The minimum absolute atomic E-state index is 0.0250. The van der Waals surface area contributed by atoms with Crippen molar-refractivity contribution in [2.24, 2.45) is 0 Å². The predicted molar refractivity (Wildman–Crippen MR) is 200 cm³/mol.